The van der Waals surface area contributed by atoms with Crippen molar-refractivity contribution in [1.29, 1.82) is 0 Å². The molecule has 4 aromatic carbocycles. The molecule has 0 aliphatic rings. The summed E-state index contributed by atoms with van der Waals surface area (Å²) in [5.41, 5.74) is 0.553. The fourth-order valence-corrected chi connectivity index (χ4v) is 6.43. The molecule has 0 radical (unpaired) electrons. The van der Waals surface area contributed by atoms with Crippen molar-refractivity contribution in [1.82, 2.24) is 0 Å². The molecule has 0 saturated heterocycles. The van der Waals surface area contributed by atoms with Crippen molar-refractivity contribution in [3.8, 4) is 17.2 Å². The molecule has 0 aromatic heterocycles. The number of sulfonamides is 2. The number of nitrogens with one attached hydrogen (secondary N) is 2. The summed E-state index contributed by atoms with van der Waals surface area (Å²) in [4.78, 5) is 12.7. The average molecular weight is 630 g/mol. The van der Waals surface area contributed by atoms with Gasteiger partial charge in [-0.3, -0.25) is 13.8 Å². The van der Waals surface area contributed by atoms with Gasteiger partial charge < -0.3 is 19.5 Å². The fourth-order valence-electron chi connectivity index (χ4n) is 3.94. The number of nitrogens with zero attached hydrogens (tertiary/aromatic N) is 1. The third kappa shape index (κ3) is 7.34. The fraction of sp³-hybridized carbons (Fsp3) is 0.138. The minimum absolute atomic E-state index is 0.103. The van der Waals surface area contributed by atoms with Crippen LogP contribution in [0.3, 0.4) is 0 Å². The zero-order valence-electron chi connectivity index (χ0n) is 23.3. The van der Waals surface area contributed by atoms with E-state index < -0.39 is 38.3 Å². The second kappa shape index (κ2) is 13.0. The second-order valence-electron chi connectivity index (χ2n) is 8.91. The van der Waals surface area contributed by atoms with E-state index in [1.807, 2.05) is 0 Å². The summed E-state index contributed by atoms with van der Waals surface area (Å²) in [7, 11) is -4.04. The number of benzene rings is 4. The third-order valence-corrected chi connectivity index (χ3v) is 9.32. The molecule has 0 atom stereocenters. The molecule has 14 heteroatoms. The summed E-state index contributed by atoms with van der Waals surface area (Å²) in [5, 5.41) is 2.58. The van der Waals surface area contributed by atoms with Gasteiger partial charge in [0.2, 0.25) is 5.91 Å². The second-order valence-corrected chi connectivity index (χ2v) is 12.5. The Hall–Kier alpha value is -4.82. The first-order valence-corrected chi connectivity index (χ1v) is 15.5. The van der Waals surface area contributed by atoms with Gasteiger partial charge in [-0.05, 0) is 84.9 Å². The summed E-state index contributed by atoms with van der Waals surface area (Å²) in [5.74, 6) is -0.152. The van der Waals surface area contributed by atoms with E-state index in [1.54, 1.807) is 12.1 Å². The number of carbonyl (C=O) groups is 1. The maximum absolute atomic E-state index is 13.5. The lowest BCUT2D eigenvalue weighted by atomic mass is 10.3. The van der Waals surface area contributed by atoms with Crippen molar-refractivity contribution in [2.75, 3.05) is 42.2 Å². The first kappa shape index (κ1) is 31.1. The zero-order chi connectivity index (χ0) is 31.2. The molecule has 0 heterocycles. The molecule has 0 bridgehead atoms. The van der Waals surface area contributed by atoms with Crippen LogP contribution in [0.1, 0.15) is 0 Å². The van der Waals surface area contributed by atoms with Crippen LogP contribution in [0.25, 0.3) is 0 Å². The zero-order valence-corrected chi connectivity index (χ0v) is 24.9. The molecule has 11 nitrogen and oxygen atoms in total. The Morgan fingerprint density at radius 1 is 0.744 bits per heavy atom. The molecule has 0 unspecified atom stereocenters. The molecule has 0 aliphatic carbocycles. The Balaban J connectivity index is 1.54. The lowest BCUT2D eigenvalue weighted by molar-refractivity contribution is -0.114. The van der Waals surface area contributed by atoms with E-state index in [0.717, 1.165) is 28.6 Å². The van der Waals surface area contributed by atoms with E-state index in [9.17, 15) is 26.0 Å². The Morgan fingerprint density at radius 2 is 1.33 bits per heavy atom. The first-order valence-electron chi connectivity index (χ1n) is 12.5. The minimum Gasteiger partial charge on any atom is -0.497 e. The number of methoxy groups -OCH3 is 3. The van der Waals surface area contributed by atoms with Crippen molar-refractivity contribution in [3.05, 3.63) is 96.8 Å². The van der Waals surface area contributed by atoms with Gasteiger partial charge in [0.1, 0.15) is 29.6 Å². The van der Waals surface area contributed by atoms with E-state index in [-0.39, 0.29) is 32.6 Å². The highest BCUT2D eigenvalue weighted by atomic mass is 32.2. The van der Waals surface area contributed by atoms with Crippen molar-refractivity contribution >= 4 is 43.0 Å². The Labute approximate surface area is 248 Å². The standard InChI is InChI=1S/C29H28FN3O8S2/c1-39-23-10-8-22(9-11-23)33(43(37,38)26-13-4-20(30)5-14-26)19-29(34)31-21-6-15-25(16-7-21)42(35,36)32-27-18-24(40-2)12-17-28(27)41-3/h4-18,32H,19H2,1-3H3,(H,31,34). The largest absolute Gasteiger partial charge is 0.497 e. The summed E-state index contributed by atoms with van der Waals surface area (Å²) in [6, 6.07) is 20.2. The maximum atomic E-state index is 13.5. The summed E-state index contributed by atoms with van der Waals surface area (Å²) in [6.45, 7) is -0.636. The van der Waals surface area contributed by atoms with Gasteiger partial charge in [0.15, 0.2) is 0 Å². The molecular formula is C29H28FN3O8S2. The van der Waals surface area contributed by atoms with Gasteiger partial charge in [-0.2, -0.15) is 0 Å². The van der Waals surface area contributed by atoms with Crippen LogP contribution in [0.5, 0.6) is 17.2 Å². The highest BCUT2D eigenvalue weighted by Crippen LogP contribution is 2.31. The van der Waals surface area contributed by atoms with Crippen molar-refractivity contribution < 1.29 is 40.2 Å². The van der Waals surface area contributed by atoms with Gasteiger partial charge in [0.25, 0.3) is 20.0 Å². The number of amides is 1. The van der Waals surface area contributed by atoms with Crippen LogP contribution < -0.4 is 28.6 Å². The van der Waals surface area contributed by atoms with Gasteiger partial charge >= 0.3 is 0 Å². The molecule has 1 amide bonds. The predicted octanol–water partition coefficient (Wildman–Crippen LogP) is 4.49. The minimum atomic E-state index is -4.29. The Kier molecular flexibility index (Phi) is 9.41. The van der Waals surface area contributed by atoms with Gasteiger partial charge in [-0.1, -0.05) is 0 Å². The van der Waals surface area contributed by atoms with Gasteiger partial charge in [0, 0.05) is 11.8 Å². The number of halogens is 1. The van der Waals surface area contributed by atoms with Crippen LogP contribution in [-0.2, 0) is 24.8 Å². The molecule has 0 aliphatic heterocycles. The number of rotatable bonds is 12. The predicted molar refractivity (Wildman–Crippen MR) is 159 cm³/mol. The highest BCUT2D eigenvalue weighted by molar-refractivity contribution is 7.93. The van der Waals surface area contributed by atoms with Crippen LogP contribution in [0.4, 0.5) is 21.5 Å². The van der Waals surface area contributed by atoms with E-state index in [2.05, 4.69) is 10.0 Å². The van der Waals surface area contributed by atoms with Gasteiger partial charge in [0.05, 0.1) is 42.5 Å². The molecule has 4 rings (SSSR count). The smallest absolute Gasteiger partial charge is 0.264 e. The maximum Gasteiger partial charge on any atom is 0.264 e. The monoisotopic (exact) mass is 629 g/mol. The van der Waals surface area contributed by atoms with E-state index in [1.165, 1.54) is 75.9 Å². The Bertz CT molecular complexity index is 1800. The third-order valence-electron chi connectivity index (χ3n) is 6.15. The molecule has 0 saturated carbocycles. The number of carbonyl (C=O) groups excluding carboxylic acids is 1. The average Bonchev–Trinajstić information content (AvgIpc) is 3.00. The van der Waals surface area contributed by atoms with Crippen molar-refractivity contribution in [2.45, 2.75) is 9.79 Å². The molecule has 0 fully saturated rings. The quantitative estimate of drug-likeness (QED) is 0.234. The summed E-state index contributed by atoms with van der Waals surface area (Å²) >= 11 is 0. The Morgan fingerprint density at radius 3 is 1.91 bits per heavy atom. The number of hydrogen-bond donors (Lipinski definition) is 2. The van der Waals surface area contributed by atoms with Gasteiger partial charge in [-0.15, -0.1) is 0 Å². The molecule has 226 valence electrons. The molecule has 4 aromatic rings. The van der Waals surface area contributed by atoms with E-state index in [0.29, 0.717) is 11.5 Å². The SMILES string of the molecule is COc1ccc(N(CC(=O)Nc2ccc(S(=O)(=O)Nc3cc(OC)ccc3OC)cc2)S(=O)(=O)c2ccc(F)cc2)cc1. The molecule has 43 heavy (non-hydrogen) atoms. The molecular weight excluding hydrogens is 601 g/mol. The number of hydrogen-bond acceptors (Lipinski definition) is 8. The van der Waals surface area contributed by atoms with Crippen molar-refractivity contribution in [3.63, 3.8) is 0 Å². The highest BCUT2D eigenvalue weighted by Gasteiger charge is 2.27. The molecule has 2 N–H and O–H groups in total. The summed E-state index contributed by atoms with van der Waals surface area (Å²) in [6.07, 6.45) is 0. The number of anilines is 3. The van der Waals surface area contributed by atoms with E-state index >= 15 is 0 Å². The van der Waals surface area contributed by atoms with Crippen LogP contribution in [0, 0.1) is 5.82 Å². The lowest BCUT2D eigenvalue weighted by Crippen LogP contribution is -2.38. The number of ether oxygens (including phenoxy) is 3. The lowest BCUT2D eigenvalue weighted by Gasteiger charge is -2.24. The first-order chi connectivity index (χ1) is 20.5. The van der Waals surface area contributed by atoms with Crippen LogP contribution in [0.2, 0.25) is 0 Å². The normalized spacial score (nSPS) is 11.3. The topological polar surface area (TPSA) is 140 Å². The summed E-state index contributed by atoms with van der Waals surface area (Å²) < 4.78 is 85.3. The molecule has 0 spiro atoms. The van der Waals surface area contributed by atoms with Crippen LogP contribution in [0.15, 0.2) is 101 Å². The van der Waals surface area contributed by atoms with E-state index in [4.69, 9.17) is 14.2 Å². The van der Waals surface area contributed by atoms with Gasteiger partial charge in [-0.25, -0.2) is 21.2 Å². The van der Waals surface area contributed by atoms with Crippen molar-refractivity contribution in [2.24, 2.45) is 0 Å². The van der Waals surface area contributed by atoms with Crippen LogP contribution in [-0.4, -0.2) is 50.6 Å². The van der Waals surface area contributed by atoms with Crippen LogP contribution >= 0.6 is 0 Å².